The maximum atomic E-state index is 12.7. The lowest BCUT2D eigenvalue weighted by Crippen LogP contribution is -2.48. The molecule has 2 atom stereocenters. The number of rotatable bonds is 5. The summed E-state index contributed by atoms with van der Waals surface area (Å²) in [6.07, 6.45) is 3.99. The lowest BCUT2D eigenvalue weighted by Gasteiger charge is -2.33. The zero-order valence-corrected chi connectivity index (χ0v) is 15.6. The number of sulfonamides is 1. The van der Waals surface area contributed by atoms with Crippen molar-refractivity contribution in [1.29, 1.82) is 0 Å². The Balaban J connectivity index is 1.77. The SMILES string of the molecule is Cc1ccc(N[C@H]2CCCC[C@@H]2NS(=O)(=O)c2ccccc2)c(C)c1. The van der Waals surface area contributed by atoms with Gasteiger partial charge in [0.15, 0.2) is 0 Å². The highest BCUT2D eigenvalue weighted by molar-refractivity contribution is 7.89. The summed E-state index contributed by atoms with van der Waals surface area (Å²) in [5, 5.41) is 3.57. The number of nitrogens with one attached hydrogen (secondary N) is 2. The normalized spacial score (nSPS) is 21.0. The van der Waals surface area contributed by atoms with Crippen molar-refractivity contribution in [1.82, 2.24) is 4.72 Å². The van der Waals surface area contributed by atoms with Crippen LogP contribution in [0.5, 0.6) is 0 Å². The van der Waals surface area contributed by atoms with Gasteiger partial charge in [0.05, 0.1) is 4.90 Å². The minimum atomic E-state index is -3.49. The van der Waals surface area contributed by atoms with Crippen LogP contribution in [-0.4, -0.2) is 20.5 Å². The molecule has 0 aromatic heterocycles. The molecule has 1 aliphatic rings. The van der Waals surface area contributed by atoms with Gasteiger partial charge in [-0.3, -0.25) is 0 Å². The molecule has 134 valence electrons. The molecule has 0 saturated heterocycles. The number of anilines is 1. The van der Waals surface area contributed by atoms with Crippen LogP contribution in [0.3, 0.4) is 0 Å². The molecule has 0 spiro atoms. The smallest absolute Gasteiger partial charge is 0.240 e. The maximum Gasteiger partial charge on any atom is 0.240 e. The van der Waals surface area contributed by atoms with Gasteiger partial charge in [0.2, 0.25) is 10.0 Å². The topological polar surface area (TPSA) is 58.2 Å². The predicted molar refractivity (Wildman–Crippen MR) is 102 cm³/mol. The van der Waals surface area contributed by atoms with E-state index < -0.39 is 10.0 Å². The van der Waals surface area contributed by atoms with Gasteiger partial charge in [0.25, 0.3) is 0 Å². The second-order valence-electron chi connectivity index (χ2n) is 6.89. The Bertz CT molecular complexity index is 819. The fraction of sp³-hybridized carbons (Fsp3) is 0.400. The van der Waals surface area contributed by atoms with Crippen LogP contribution in [0.1, 0.15) is 36.8 Å². The monoisotopic (exact) mass is 358 g/mol. The highest BCUT2D eigenvalue weighted by Gasteiger charge is 2.29. The van der Waals surface area contributed by atoms with E-state index in [1.165, 1.54) is 11.1 Å². The Labute approximate surface area is 150 Å². The summed E-state index contributed by atoms with van der Waals surface area (Å²) in [7, 11) is -3.49. The summed E-state index contributed by atoms with van der Waals surface area (Å²) in [4.78, 5) is 0.325. The van der Waals surface area contributed by atoms with Gasteiger partial charge in [-0.25, -0.2) is 13.1 Å². The molecule has 2 aromatic carbocycles. The third kappa shape index (κ3) is 4.41. The second-order valence-corrected chi connectivity index (χ2v) is 8.61. The van der Waals surface area contributed by atoms with Crippen LogP contribution in [0.2, 0.25) is 0 Å². The molecule has 0 heterocycles. The first-order chi connectivity index (χ1) is 12.0. The van der Waals surface area contributed by atoms with Crippen molar-refractivity contribution >= 4 is 15.7 Å². The Morgan fingerprint density at radius 3 is 2.28 bits per heavy atom. The Morgan fingerprint density at radius 2 is 1.60 bits per heavy atom. The summed E-state index contributed by atoms with van der Waals surface area (Å²) in [5.41, 5.74) is 3.50. The van der Waals surface area contributed by atoms with Crippen LogP contribution in [0.15, 0.2) is 53.4 Å². The largest absolute Gasteiger partial charge is 0.380 e. The molecule has 5 heteroatoms. The first-order valence-corrected chi connectivity index (χ1v) is 10.4. The van der Waals surface area contributed by atoms with E-state index in [1.807, 2.05) is 6.07 Å². The van der Waals surface area contributed by atoms with E-state index in [0.717, 1.165) is 31.4 Å². The van der Waals surface area contributed by atoms with E-state index in [4.69, 9.17) is 0 Å². The molecule has 0 radical (unpaired) electrons. The van der Waals surface area contributed by atoms with Gasteiger partial charge in [-0.15, -0.1) is 0 Å². The Hall–Kier alpha value is -1.85. The van der Waals surface area contributed by atoms with Crippen LogP contribution in [0.25, 0.3) is 0 Å². The summed E-state index contributed by atoms with van der Waals surface area (Å²) in [6, 6.07) is 14.9. The van der Waals surface area contributed by atoms with Gasteiger partial charge in [0.1, 0.15) is 0 Å². The lowest BCUT2D eigenvalue weighted by molar-refractivity contribution is 0.378. The van der Waals surface area contributed by atoms with Crippen molar-refractivity contribution in [3.8, 4) is 0 Å². The summed E-state index contributed by atoms with van der Waals surface area (Å²) in [6.45, 7) is 4.16. The average molecular weight is 359 g/mol. The van der Waals surface area contributed by atoms with Crippen molar-refractivity contribution < 1.29 is 8.42 Å². The molecule has 0 amide bonds. The molecule has 1 saturated carbocycles. The van der Waals surface area contributed by atoms with Gasteiger partial charge >= 0.3 is 0 Å². The number of hydrogen-bond donors (Lipinski definition) is 2. The third-order valence-electron chi connectivity index (χ3n) is 4.85. The number of aryl methyl sites for hydroxylation is 2. The zero-order chi connectivity index (χ0) is 17.9. The average Bonchev–Trinajstić information content (AvgIpc) is 2.59. The zero-order valence-electron chi connectivity index (χ0n) is 14.8. The molecule has 3 rings (SSSR count). The third-order valence-corrected chi connectivity index (χ3v) is 6.35. The van der Waals surface area contributed by atoms with Crippen LogP contribution >= 0.6 is 0 Å². The molecule has 4 nitrogen and oxygen atoms in total. The van der Waals surface area contributed by atoms with Crippen molar-refractivity contribution in [3.05, 3.63) is 59.7 Å². The maximum absolute atomic E-state index is 12.7. The van der Waals surface area contributed by atoms with Crippen LogP contribution in [0.4, 0.5) is 5.69 Å². The van der Waals surface area contributed by atoms with E-state index in [0.29, 0.717) is 4.90 Å². The van der Waals surface area contributed by atoms with Crippen LogP contribution in [0, 0.1) is 13.8 Å². The molecular weight excluding hydrogens is 332 g/mol. The fourth-order valence-corrected chi connectivity index (χ4v) is 4.82. The highest BCUT2D eigenvalue weighted by atomic mass is 32.2. The molecule has 25 heavy (non-hydrogen) atoms. The molecule has 0 unspecified atom stereocenters. The number of benzene rings is 2. The van der Waals surface area contributed by atoms with E-state index in [-0.39, 0.29) is 12.1 Å². The second kappa shape index (κ2) is 7.58. The van der Waals surface area contributed by atoms with E-state index in [1.54, 1.807) is 24.3 Å². The molecule has 0 bridgehead atoms. The molecule has 1 aliphatic carbocycles. The first-order valence-electron chi connectivity index (χ1n) is 8.87. The van der Waals surface area contributed by atoms with Crippen molar-refractivity contribution in [3.63, 3.8) is 0 Å². The Morgan fingerprint density at radius 1 is 0.920 bits per heavy atom. The molecule has 1 fully saturated rings. The summed E-state index contributed by atoms with van der Waals surface area (Å²) < 4.78 is 28.3. The van der Waals surface area contributed by atoms with Crippen molar-refractivity contribution in [2.75, 3.05) is 5.32 Å². The molecular formula is C20H26N2O2S. The van der Waals surface area contributed by atoms with Gasteiger partial charge in [-0.1, -0.05) is 48.7 Å². The van der Waals surface area contributed by atoms with Crippen molar-refractivity contribution in [2.24, 2.45) is 0 Å². The van der Waals surface area contributed by atoms with Gasteiger partial charge in [-0.2, -0.15) is 0 Å². The fourth-order valence-electron chi connectivity index (χ4n) is 3.49. The standard InChI is InChI=1S/C20H26N2O2S/c1-15-12-13-18(16(2)14-15)21-19-10-6-7-11-20(19)22-25(23,24)17-8-4-3-5-9-17/h3-5,8-9,12-14,19-22H,6-7,10-11H2,1-2H3/t19-,20-/m0/s1. The van der Waals surface area contributed by atoms with Crippen LogP contribution in [-0.2, 0) is 10.0 Å². The van der Waals surface area contributed by atoms with Gasteiger partial charge in [0, 0.05) is 17.8 Å². The lowest BCUT2D eigenvalue weighted by atomic mass is 9.90. The highest BCUT2D eigenvalue weighted by Crippen LogP contribution is 2.26. The Kier molecular flexibility index (Phi) is 5.45. The first kappa shape index (κ1) is 18.0. The minimum absolute atomic E-state index is 0.0975. The predicted octanol–water partition coefficient (Wildman–Crippen LogP) is 4.01. The van der Waals surface area contributed by atoms with E-state index in [9.17, 15) is 8.42 Å². The van der Waals surface area contributed by atoms with Gasteiger partial charge in [-0.05, 0) is 50.5 Å². The van der Waals surface area contributed by atoms with E-state index >= 15 is 0 Å². The quantitative estimate of drug-likeness (QED) is 0.849. The van der Waals surface area contributed by atoms with Crippen LogP contribution < -0.4 is 10.0 Å². The summed E-state index contributed by atoms with van der Waals surface area (Å²) in [5.74, 6) is 0. The van der Waals surface area contributed by atoms with Gasteiger partial charge < -0.3 is 5.32 Å². The summed E-state index contributed by atoms with van der Waals surface area (Å²) >= 11 is 0. The molecule has 2 aromatic rings. The van der Waals surface area contributed by atoms with Crippen molar-refractivity contribution in [2.45, 2.75) is 56.5 Å². The van der Waals surface area contributed by atoms with E-state index in [2.05, 4.69) is 42.1 Å². The molecule has 0 aliphatic heterocycles. The number of hydrogen-bond acceptors (Lipinski definition) is 3. The minimum Gasteiger partial charge on any atom is -0.380 e. The molecule has 2 N–H and O–H groups in total.